The molecule has 0 spiro atoms. The third-order valence-corrected chi connectivity index (χ3v) is 3.48. The molecule has 1 aromatic rings. The zero-order valence-corrected chi connectivity index (χ0v) is 10.0. The number of benzene rings is 1. The molecule has 1 aliphatic carbocycles. The van der Waals surface area contributed by atoms with E-state index in [0.717, 1.165) is 6.42 Å². The topological polar surface area (TPSA) is 37.3 Å². The van der Waals surface area contributed by atoms with Gasteiger partial charge in [-0.05, 0) is 41.9 Å². The quantitative estimate of drug-likeness (QED) is 0.845. The number of hydrogen-bond acceptors (Lipinski definition) is 1. The molecule has 0 bridgehead atoms. The van der Waals surface area contributed by atoms with Crippen LogP contribution in [0.15, 0.2) is 18.2 Å². The fraction of sp³-hybridized carbons (Fsp3) is 0.500. The van der Waals surface area contributed by atoms with E-state index in [4.69, 9.17) is 5.11 Å². The molecule has 16 heavy (non-hydrogen) atoms. The number of aryl methyl sites for hydroxylation is 1. The molecule has 2 nitrogen and oxygen atoms in total. The summed E-state index contributed by atoms with van der Waals surface area (Å²) in [6, 6.07) is 6.44. The van der Waals surface area contributed by atoms with Gasteiger partial charge in [-0.15, -0.1) is 0 Å². The number of hydrogen-bond donors (Lipinski definition) is 1. The first-order chi connectivity index (χ1) is 7.50. The minimum absolute atomic E-state index is 0.152. The van der Waals surface area contributed by atoms with Gasteiger partial charge in [0, 0.05) is 0 Å². The monoisotopic (exact) mass is 218 g/mol. The number of carboxylic acids is 1. The van der Waals surface area contributed by atoms with Crippen LogP contribution in [0.1, 0.15) is 48.8 Å². The first-order valence-electron chi connectivity index (χ1n) is 5.84. The molecule has 2 unspecified atom stereocenters. The van der Waals surface area contributed by atoms with Crippen LogP contribution < -0.4 is 0 Å². The van der Waals surface area contributed by atoms with Crippen LogP contribution in [0.2, 0.25) is 0 Å². The van der Waals surface area contributed by atoms with E-state index in [1.165, 1.54) is 16.7 Å². The van der Waals surface area contributed by atoms with Gasteiger partial charge in [0.2, 0.25) is 0 Å². The average Bonchev–Trinajstić information content (AvgIpc) is 2.97. The Morgan fingerprint density at radius 2 is 2.12 bits per heavy atom. The zero-order chi connectivity index (χ0) is 11.9. The molecule has 1 aliphatic rings. The highest BCUT2D eigenvalue weighted by molar-refractivity contribution is 5.75. The van der Waals surface area contributed by atoms with E-state index in [9.17, 15) is 4.79 Å². The minimum Gasteiger partial charge on any atom is -0.481 e. The summed E-state index contributed by atoms with van der Waals surface area (Å²) in [5.41, 5.74) is 3.76. The van der Waals surface area contributed by atoms with Gasteiger partial charge in [-0.1, -0.05) is 32.0 Å². The summed E-state index contributed by atoms with van der Waals surface area (Å²) < 4.78 is 0. The molecule has 0 saturated heterocycles. The van der Waals surface area contributed by atoms with Gasteiger partial charge in [-0.25, -0.2) is 0 Å². The fourth-order valence-electron chi connectivity index (χ4n) is 2.23. The van der Waals surface area contributed by atoms with Crippen molar-refractivity contribution in [3.8, 4) is 0 Å². The summed E-state index contributed by atoms with van der Waals surface area (Å²) >= 11 is 0. The van der Waals surface area contributed by atoms with Crippen molar-refractivity contribution in [3.05, 3.63) is 34.9 Å². The highest BCUT2D eigenvalue weighted by Crippen LogP contribution is 2.49. The van der Waals surface area contributed by atoms with Gasteiger partial charge >= 0.3 is 5.97 Å². The van der Waals surface area contributed by atoms with Crippen molar-refractivity contribution >= 4 is 5.97 Å². The molecule has 2 heteroatoms. The second-order valence-corrected chi connectivity index (χ2v) is 5.06. The van der Waals surface area contributed by atoms with E-state index in [2.05, 4.69) is 39.0 Å². The third kappa shape index (κ3) is 1.97. The van der Waals surface area contributed by atoms with Gasteiger partial charge in [-0.3, -0.25) is 4.79 Å². The molecule has 0 aromatic heterocycles. The predicted octanol–water partition coefficient (Wildman–Crippen LogP) is 3.31. The van der Waals surface area contributed by atoms with Crippen LogP contribution >= 0.6 is 0 Å². The smallest absolute Gasteiger partial charge is 0.307 e. The highest BCUT2D eigenvalue weighted by Gasteiger charge is 2.44. The Bertz CT molecular complexity index is 421. The van der Waals surface area contributed by atoms with Crippen LogP contribution in [0.4, 0.5) is 0 Å². The molecule has 2 atom stereocenters. The second kappa shape index (κ2) is 3.93. The highest BCUT2D eigenvalue weighted by atomic mass is 16.4. The minimum atomic E-state index is -0.653. The third-order valence-electron chi connectivity index (χ3n) is 3.48. The second-order valence-electron chi connectivity index (χ2n) is 5.06. The van der Waals surface area contributed by atoms with E-state index in [1.807, 2.05) is 0 Å². The molecule has 0 heterocycles. The van der Waals surface area contributed by atoms with Crippen molar-refractivity contribution < 1.29 is 9.90 Å². The van der Waals surface area contributed by atoms with Crippen molar-refractivity contribution in [2.45, 2.75) is 39.0 Å². The summed E-state index contributed by atoms with van der Waals surface area (Å²) in [6.45, 7) is 6.39. The summed E-state index contributed by atoms with van der Waals surface area (Å²) in [6.07, 6.45) is 0.803. The van der Waals surface area contributed by atoms with Crippen molar-refractivity contribution in [1.29, 1.82) is 0 Å². The number of rotatable bonds is 3. The van der Waals surface area contributed by atoms with E-state index in [1.54, 1.807) is 0 Å². The summed E-state index contributed by atoms with van der Waals surface area (Å²) in [7, 11) is 0. The lowest BCUT2D eigenvalue weighted by Crippen LogP contribution is -2.00. The molecular formula is C14H18O2. The Balaban J connectivity index is 2.27. The van der Waals surface area contributed by atoms with Crippen LogP contribution in [0.5, 0.6) is 0 Å². The van der Waals surface area contributed by atoms with Crippen LogP contribution in [0.25, 0.3) is 0 Å². The molecular weight excluding hydrogens is 200 g/mol. The van der Waals surface area contributed by atoms with Gasteiger partial charge in [-0.2, -0.15) is 0 Å². The van der Waals surface area contributed by atoms with Crippen LogP contribution in [-0.4, -0.2) is 11.1 Å². The van der Waals surface area contributed by atoms with E-state index < -0.39 is 5.97 Å². The molecule has 2 rings (SSSR count). The largest absolute Gasteiger partial charge is 0.481 e. The lowest BCUT2D eigenvalue weighted by molar-refractivity contribution is -0.138. The van der Waals surface area contributed by atoms with E-state index in [-0.39, 0.29) is 11.8 Å². The number of aliphatic carboxylic acids is 1. The Hall–Kier alpha value is -1.31. The lowest BCUT2D eigenvalue weighted by Gasteiger charge is -2.10. The van der Waals surface area contributed by atoms with Crippen LogP contribution in [-0.2, 0) is 4.79 Å². The van der Waals surface area contributed by atoms with Gasteiger partial charge in [0.15, 0.2) is 0 Å². The van der Waals surface area contributed by atoms with Crippen LogP contribution in [0, 0.1) is 12.8 Å². The predicted molar refractivity (Wildman–Crippen MR) is 63.8 cm³/mol. The molecule has 1 aromatic carbocycles. The average molecular weight is 218 g/mol. The SMILES string of the molecule is Cc1ccc(C(C)C)cc1C1CC1C(=O)O. The molecule has 1 saturated carbocycles. The number of carboxylic acid groups (broad SMARTS) is 1. The Labute approximate surface area is 96.3 Å². The summed E-state index contributed by atoms with van der Waals surface area (Å²) in [4.78, 5) is 10.9. The Morgan fingerprint density at radius 1 is 1.44 bits per heavy atom. The Morgan fingerprint density at radius 3 is 2.62 bits per heavy atom. The maximum Gasteiger partial charge on any atom is 0.307 e. The number of carbonyl (C=O) groups is 1. The normalized spacial score (nSPS) is 23.5. The lowest BCUT2D eigenvalue weighted by atomic mass is 9.95. The Kier molecular flexibility index (Phi) is 2.75. The van der Waals surface area contributed by atoms with E-state index >= 15 is 0 Å². The first kappa shape index (κ1) is 11.2. The van der Waals surface area contributed by atoms with Gasteiger partial charge in [0.05, 0.1) is 5.92 Å². The van der Waals surface area contributed by atoms with E-state index in [0.29, 0.717) is 5.92 Å². The van der Waals surface area contributed by atoms with Gasteiger partial charge in [0.1, 0.15) is 0 Å². The standard InChI is InChI=1S/C14H18O2/c1-8(2)10-5-4-9(3)11(6-10)12-7-13(12)14(15)16/h4-6,8,12-13H,7H2,1-3H3,(H,15,16). The first-order valence-corrected chi connectivity index (χ1v) is 5.84. The summed E-state index contributed by atoms with van der Waals surface area (Å²) in [5.74, 6) is -0.0574. The van der Waals surface area contributed by atoms with Crippen molar-refractivity contribution in [3.63, 3.8) is 0 Å². The molecule has 1 fully saturated rings. The van der Waals surface area contributed by atoms with Crippen molar-refractivity contribution in [2.24, 2.45) is 5.92 Å². The molecule has 0 aliphatic heterocycles. The molecule has 86 valence electrons. The van der Waals surface area contributed by atoms with Gasteiger partial charge < -0.3 is 5.11 Å². The molecule has 0 amide bonds. The van der Waals surface area contributed by atoms with Crippen molar-refractivity contribution in [1.82, 2.24) is 0 Å². The van der Waals surface area contributed by atoms with Gasteiger partial charge in [0.25, 0.3) is 0 Å². The zero-order valence-electron chi connectivity index (χ0n) is 10.0. The fourth-order valence-corrected chi connectivity index (χ4v) is 2.23. The summed E-state index contributed by atoms with van der Waals surface area (Å²) in [5, 5.41) is 8.95. The maximum absolute atomic E-state index is 10.9. The van der Waals surface area contributed by atoms with Crippen molar-refractivity contribution in [2.75, 3.05) is 0 Å². The maximum atomic E-state index is 10.9. The molecule has 0 radical (unpaired) electrons. The molecule has 1 N–H and O–H groups in total. The van der Waals surface area contributed by atoms with Crippen LogP contribution in [0.3, 0.4) is 0 Å².